The average Bonchev–Trinajstić information content (AvgIpc) is 2.06. The number of rotatable bonds is 2. The zero-order valence-electron chi connectivity index (χ0n) is 5.40. The molecule has 0 amide bonds. The van der Waals surface area contributed by atoms with Gasteiger partial charge in [-0.25, -0.2) is 0 Å². The van der Waals surface area contributed by atoms with E-state index in [-0.39, 0.29) is 0 Å². The van der Waals surface area contributed by atoms with E-state index in [9.17, 15) is 8.42 Å². The molecule has 0 radical (unpaired) electrons. The van der Waals surface area contributed by atoms with Crippen LogP contribution in [0.4, 0.5) is 0 Å². The van der Waals surface area contributed by atoms with Crippen LogP contribution in [0.25, 0.3) is 0 Å². The summed E-state index contributed by atoms with van der Waals surface area (Å²) in [6, 6.07) is 8.20. The summed E-state index contributed by atoms with van der Waals surface area (Å²) in [5.74, 6) is 0. The van der Waals surface area contributed by atoms with Gasteiger partial charge in [0.1, 0.15) is 0 Å². The summed E-state index contributed by atoms with van der Waals surface area (Å²) in [5, 5.41) is 0. The Labute approximate surface area is 74.9 Å². The maximum atomic E-state index is 11.1. The van der Waals surface area contributed by atoms with Crippen molar-refractivity contribution < 1.29 is 8.42 Å². The molecule has 0 unspecified atom stereocenters. The van der Waals surface area contributed by atoms with Crippen molar-refractivity contribution in [1.29, 1.82) is 0 Å². The topological polar surface area (TPSA) is 34.1 Å². The van der Waals surface area contributed by atoms with Crippen molar-refractivity contribution in [3.05, 3.63) is 30.3 Å². The Morgan fingerprint density at radius 2 is 1.73 bits per heavy atom. The molecule has 0 aliphatic rings. The molecule has 0 aromatic heterocycles. The zero-order valence-corrected chi connectivity index (χ0v) is 8.68. The van der Waals surface area contributed by atoms with Crippen LogP contribution in [0.1, 0.15) is 0 Å². The molecule has 1 aromatic carbocycles. The molecule has 0 N–H and O–H groups in total. The molecule has 0 heterocycles. The number of hydrogen-bond acceptors (Lipinski definition) is 2. The van der Waals surface area contributed by atoms with Gasteiger partial charge in [0.25, 0.3) is 0 Å². The molecule has 0 spiro atoms. The Morgan fingerprint density at radius 3 is 2.18 bits per heavy atom. The van der Waals surface area contributed by atoms with Crippen molar-refractivity contribution in [1.82, 2.24) is 0 Å². The van der Waals surface area contributed by atoms with E-state index in [1.54, 1.807) is 30.3 Å². The van der Waals surface area contributed by atoms with Crippen LogP contribution in [-0.2, 0) is 8.26 Å². The maximum absolute atomic E-state index is 11.1. The van der Waals surface area contributed by atoms with Crippen molar-refractivity contribution in [2.75, 3.05) is 0 Å². The van der Waals surface area contributed by atoms with E-state index < -0.39 is 21.2 Å². The van der Waals surface area contributed by atoms with Crippen LogP contribution in [0.3, 0.4) is 0 Å². The molecule has 11 heavy (non-hydrogen) atoms. The second-order valence-electron chi connectivity index (χ2n) is 1.83. The minimum absolute atomic E-state index is 0.301. The molecule has 0 saturated heterocycles. The summed E-state index contributed by atoms with van der Waals surface area (Å²) in [6.07, 6.45) is 0. The summed E-state index contributed by atoms with van der Waals surface area (Å²) in [6.45, 7) is 0. The SMILES string of the molecule is O=S(=O)([Se]Cl)c1ccccc1. The van der Waals surface area contributed by atoms with Crippen LogP contribution in [-0.4, -0.2) is 21.3 Å². The minimum atomic E-state index is -3.17. The Kier molecular flexibility index (Phi) is 2.96. The molecule has 0 aliphatic heterocycles. The first-order valence-corrected chi connectivity index (χ1v) is 8.53. The van der Waals surface area contributed by atoms with Gasteiger partial charge in [0.2, 0.25) is 0 Å². The van der Waals surface area contributed by atoms with Gasteiger partial charge in [-0.05, 0) is 0 Å². The third-order valence-electron chi connectivity index (χ3n) is 1.11. The van der Waals surface area contributed by atoms with E-state index in [4.69, 9.17) is 10.1 Å². The van der Waals surface area contributed by atoms with Gasteiger partial charge in [-0.2, -0.15) is 0 Å². The molecule has 0 atom stereocenters. The average molecular weight is 256 g/mol. The molecule has 1 aromatic rings. The fraction of sp³-hybridized carbons (Fsp3) is 0. The van der Waals surface area contributed by atoms with Crippen molar-refractivity contribution in [2.24, 2.45) is 0 Å². The monoisotopic (exact) mass is 256 g/mol. The third-order valence-corrected chi connectivity index (χ3v) is 6.97. The fourth-order valence-electron chi connectivity index (χ4n) is 0.624. The second kappa shape index (κ2) is 3.59. The molecular formula is C6H5ClO2SSe. The quantitative estimate of drug-likeness (QED) is 0.745. The predicted molar refractivity (Wildman–Crippen MR) is 45.2 cm³/mol. The Hall–Kier alpha value is -0.0205. The Bertz CT molecular complexity index is 322. The van der Waals surface area contributed by atoms with Gasteiger partial charge in [0, 0.05) is 0 Å². The van der Waals surface area contributed by atoms with Gasteiger partial charge in [-0.3, -0.25) is 0 Å². The molecule has 1 rings (SSSR count). The first kappa shape index (κ1) is 9.07. The van der Waals surface area contributed by atoms with Gasteiger partial charge in [-0.1, -0.05) is 0 Å². The summed E-state index contributed by atoms with van der Waals surface area (Å²) >= 11 is -0.881. The van der Waals surface area contributed by atoms with Crippen LogP contribution in [0.15, 0.2) is 35.2 Å². The Balaban J connectivity index is 3.14. The molecular weight excluding hydrogens is 251 g/mol. The van der Waals surface area contributed by atoms with Crippen molar-refractivity contribution in [3.63, 3.8) is 0 Å². The van der Waals surface area contributed by atoms with Gasteiger partial charge in [-0.15, -0.1) is 0 Å². The van der Waals surface area contributed by atoms with Crippen LogP contribution >= 0.6 is 10.1 Å². The first-order chi connectivity index (χ1) is 5.17. The van der Waals surface area contributed by atoms with Gasteiger partial charge in [0.05, 0.1) is 0 Å². The van der Waals surface area contributed by atoms with E-state index in [0.29, 0.717) is 4.90 Å². The fourth-order valence-corrected chi connectivity index (χ4v) is 3.48. The number of halogens is 1. The summed E-state index contributed by atoms with van der Waals surface area (Å²) in [4.78, 5) is 0.301. The summed E-state index contributed by atoms with van der Waals surface area (Å²) < 4.78 is 22.2. The van der Waals surface area contributed by atoms with E-state index in [1.165, 1.54) is 0 Å². The predicted octanol–water partition coefficient (Wildman–Crippen LogP) is 1.23. The number of benzene rings is 1. The van der Waals surface area contributed by atoms with E-state index in [1.807, 2.05) is 0 Å². The van der Waals surface area contributed by atoms with Gasteiger partial charge in [0.15, 0.2) is 0 Å². The molecule has 60 valence electrons. The second-order valence-corrected chi connectivity index (χ2v) is 8.85. The Morgan fingerprint density at radius 1 is 1.18 bits per heavy atom. The molecule has 0 aliphatic carbocycles. The van der Waals surface area contributed by atoms with Crippen LogP contribution in [0, 0.1) is 0 Å². The van der Waals surface area contributed by atoms with E-state index in [0.717, 1.165) is 0 Å². The number of hydrogen-bond donors (Lipinski definition) is 0. The molecule has 0 saturated carbocycles. The van der Waals surface area contributed by atoms with Crippen LogP contribution < -0.4 is 0 Å². The summed E-state index contributed by atoms with van der Waals surface area (Å²) in [7, 11) is 2.13. The molecule has 5 heteroatoms. The van der Waals surface area contributed by atoms with E-state index in [2.05, 4.69) is 0 Å². The molecule has 2 nitrogen and oxygen atoms in total. The molecule has 0 bridgehead atoms. The normalized spacial score (nSPS) is 11.4. The van der Waals surface area contributed by atoms with Crippen molar-refractivity contribution in [2.45, 2.75) is 4.90 Å². The van der Waals surface area contributed by atoms with Gasteiger partial charge >= 0.3 is 74.9 Å². The van der Waals surface area contributed by atoms with Crippen molar-refractivity contribution in [3.8, 4) is 0 Å². The van der Waals surface area contributed by atoms with Gasteiger partial charge < -0.3 is 0 Å². The van der Waals surface area contributed by atoms with Crippen molar-refractivity contribution >= 4 is 31.3 Å². The first-order valence-electron chi connectivity index (χ1n) is 2.77. The summed E-state index contributed by atoms with van der Waals surface area (Å²) in [5.41, 5.74) is 0. The van der Waals surface area contributed by atoms with Crippen LogP contribution in [0.5, 0.6) is 0 Å². The van der Waals surface area contributed by atoms with Crippen LogP contribution in [0.2, 0.25) is 0 Å². The molecule has 0 fully saturated rings. The zero-order chi connectivity index (χ0) is 8.32. The van der Waals surface area contributed by atoms with E-state index >= 15 is 0 Å². The standard InChI is InChI=1S/C6H5ClO2SSe/c7-11-10(8,9)6-4-2-1-3-5-6/h1-5H. The third kappa shape index (κ3) is 2.20.